The van der Waals surface area contributed by atoms with E-state index in [1.54, 1.807) is 19.1 Å². The number of ketones is 3. The molecule has 0 fully saturated rings. The minimum atomic E-state index is -1.49. The van der Waals surface area contributed by atoms with Crippen molar-refractivity contribution in [2.45, 2.75) is 13.8 Å². The average molecular weight is 321 g/mol. The van der Waals surface area contributed by atoms with Crippen LogP contribution in [0.3, 0.4) is 0 Å². The lowest BCUT2D eigenvalue weighted by molar-refractivity contribution is -0.149. The molecule has 6 heteroatoms. The molecule has 0 saturated carbocycles. The maximum Gasteiger partial charge on any atom is 0.321 e. The van der Waals surface area contributed by atoms with Crippen LogP contribution in [-0.2, 0) is 14.3 Å². The van der Waals surface area contributed by atoms with Crippen LogP contribution in [-0.4, -0.2) is 29.9 Å². The van der Waals surface area contributed by atoms with Gasteiger partial charge in [-0.25, -0.2) is 0 Å². The van der Waals surface area contributed by atoms with Crippen molar-refractivity contribution in [3.63, 3.8) is 0 Å². The summed E-state index contributed by atoms with van der Waals surface area (Å²) in [4.78, 5) is 48.7. The maximum atomic E-state index is 12.6. The highest BCUT2D eigenvalue weighted by molar-refractivity contribution is 6.50. The molecule has 2 rings (SSSR count). The third-order valence-corrected chi connectivity index (χ3v) is 3.69. The standard InChI is InChI=1S/C16H13ClO5/c1-3-22-16(21)11(8(2)18)12-13(17)15(20)10-7-5-4-6-9(10)14(12)19/h4-7,11H,3H2,1-2H3/t11-/m1/s1. The number of hydrogen-bond donors (Lipinski definition) is 0. The van der Waals surface area contributed by atoms with Crippen LogP contribution in [0.25, 0.3) is 0 Å². The number of ether oxygens (including phenoxy) is 1. The van der Waals surface area contributed by atoms with Crippen LogP contribution in [0, 0.1) is 5.92 Å². The van der Waals surface area contributed by atoms with Crippen molar-refractivity contribution in [3.8, 4) is 0 Å². The molecule has 1 aromatic carbocycles. The Morgan fingerprint density at radius 2 is 1.68 bits per heavy atom. The van der Waals surface area contributed by atoms with E-state index in [0.29, 0.717) is 0 Å². The van der Waals surface area contributed by atoms with Gasteiger partial charge in [0.1, 0.15) is 11.7 Å². The van der Waals surface area contributed by atoms with Crippen molar-refractivity contribution in [1.82, 2.24) is 0 Å². The first-order chi connectivity index (χ1) is 10.4. The molecule has 0 N–H and O–H groups in total. The predicted octanol–water partition coefficient (Wildman–Crippen LogP) is 2.33. The van der Waals surface area contributed by atoms with Gasteiger partial charge in [-0.3, -0.25) is 19.2 Å². The van der Waals surface area contributed by atoms with Crippen LogP contribution in [0.4, 0.5) is 0 Å². The molecular weight excluding hydrogens is 308 g/mol. The first-order valence-corrected chi connectivity index (χ1v) is 7.03. The van der Waals surface area contributed by atoms with Crippen LogP contribution in [0.2, 0.25) is 0 Å². The first-order valence-electron chi connectivity index (χ1n) is 6.65. The van der Waals surface area contributed by atoms with E-state index in [-0.39, 0.29) is 23.3 Å². The molecule has 1 aliphatic carbocycles. The van der Waals surface area contributed by atoms with Gasteiger partial charge in [0.05, 0.1) is 11.6 Å². The van der Waals surface area contributed by atoms with Crippen molar-refractivity contribution < 1.29 is 23.9 Å². The summed E-state index contributed by atoms with van der Waals surface area (Å²) in [7, 11) is 0. The smallest absolute Gasteiger partial charge is 0.321 e. The van der Waals surface area contributed by atoms with Gasteiger partial charge in [0.15, 0.2) is 5.78 Å². The Balaban J connectivity index is 2.60. The number of carbonyl (C=O) groups is 4. The Kier molecular flexibility index (Phi) is 4.56. The summed E-state index contributed by atoms with van der Waals surface area (Å²) in [5.74, 6) is -4.16. The largest absolute Gasteiger partial charge is 0.465 e. The van der Waals surface area contributed by atoms with Gasteiger partial charge < -0.3 is 4.74 Å². The van der Waals surface area contributed by atoms with Gasteiger partial charge in [-0.1, -0.05) is 35.9 Å². The molecule has 0 spiro atoms. The van der Waals surface area contributed by atoms with E-state index in [9.17, 15) is 19.2 Å². The molecule has 0 saturated heterocycles. The summed E-state index contributed by atoms with van der Waals surface area (Å²) in [6.45, 7) is 2.78. The van der Waals surface area contributed by atoms with Crippen LogP contribution in [0.1, 0.15) is 34.6 Å². The van der Waals surface area contributed by atoms with Gasteiger partial charge in [-0.15, -0.1) is 0 Å². The van der Waals surface area contributed by atoms with Crippen molar-refractivity contribution in [2.24, 2.45) is 5.92 Å². The molecule has 114 valence electrons. The van der Waals surface area contributed by atoms with Gasteiger partial charge in [0.25, 0.3) is 0 Å². The Morgan fingerprint density at radius 1 is 1.14 bits per heavy atom. The molecule has 1 aromatic rings. The van der Waals surface area contributed by atoms with E-state index >= 15 is 0 Å². The highest BCUT2D eigenvalue weighted by atomic mass is 35.5. The molecule has 0 aromatic heterocycles. The van der Waals surface area contributed by atoms with Gasteiger partial charge >= 0.3 is 5.97 Å². The van der Waals surface area contributed by atoms with Crippen LogP contribution < -0.4 is 0 Å². The average Bonchev–Trinajstić information content (AvgIpc) is 2.49. The lowest BCUT2D eigenvalue weighted by Gasteiger charge is -2.22. The lowest BCUT2D eigenvalue weighted by atomic mass is 9.81. The van der Waals surface area contributed by atoms with Crippen molar-refractivity contribution in [2.75, 3.05) is 6.61 Å². The van der Waals surface area contributed by atoms with E-state index in [0.717, 1.165) is 6.92 Å². The third kappa shape index (κ3) is 2.60. The molecule has 0 unspecified atom stereocenters. The van der Waals surface area contributed by atoms with E-state index in [4.69, 9.17) is 16.3 Å². The number of rotatable bonds is 4. The minimum Gasteiger partial charge on any atom is -0.465 e. The van der Waals surface area contributed by atoms with Gasteiger partial charge in [0.2, 0.25) is 5.78 Å². The zero-order valence-corrected chi connectivity index (χ0v) is 12.8. The molecule has 5 nitrogen and oxygen atoms in total. The zero-order chi connectivity index (χ0) is 16.4. The van der Waals surface area contributed by atoms with E-state index in [1.807, 2.05) is 0 Å². The fourth-order valence-electron chi connectivity index (χ4n) is 2.33. The Hall–Kier alpha value is -2.27. The summed E-state index contributed by atoms with van der Waals surface area (Å²) in [6, 6.07) is 6.13. The fraction of sp³-hybridized carbons (Fsp3) is 0.250. The summed E-state index contributed by atoms with van der Waals surface area (Å²) in [6.07, 6.45) is 0. The summed E-state index contributed by atoms with van der Waals surface area (Å²) < 4.78 is 4.82. The number of fused-ring (bicyclic) bond motifs is 1. The number of carbonyl (C=O) groups excluding carboxylic acids is 4. The van der Waals surface area contributed by atoms with Crippen molar-refractivity contribution in [1.29, 1.82) is 0 Å². The quantitative estimate of drug-likeness (QED) is 0.628. The molecule has 1 aliphatic rings. The molecule has 22 heavy (non-hydrogen) atoms. The summed E-state index contributed by atoms with van der Waals surface area (Å²) in [5, 5.41) is -0.406. The molecule has 0 aliphatic heterocycles. The Morgan fingerprint density at radius 3 is 2.18 bits per heavy atom. The van der Waals surface area contributed by atoms with Crippen LogP contribution >= 0.6 is 11.6 Å². The maximum absolute atomic E-state index is 12.6. The van der Waals surface area contributed by atoms with Gasteiger partial charge in [-0.05, 0) is 13.8 Å². The summed E-state index contributed by atoms with van der Waals surface area (Å²) in [5.41, 5.74) is -0.0221. The topological polar surface area (TPSA) is 77.5 Å². The number of allylic oxidation sites excluding steroid dienone is 1. The number of esters is 1. The molecule has 0 bridgehead atoms. The second-order valence-electron chi connectivity index (χ2n) is 4.73. The molecule has 0 heterocycles. The molecule has 0 amide bonds. The molecular formula is C16H13ClO5. The highest BCUT2D eigenvalue weighted by Gasteiger charge is 2.41. The number of halogens is 1. The normalized spacial score (nSPS) is 15.4. The number of hydrogen-bond acceptors (Lipinski definition) is 5. The lowest BCUT2D eigenvalue weighted by Crippen LogP contribution is -2.33. The summed E-state index contributed by atoms with van der Waals surface area (Å²) >= 11 is 5.99. The second-order valence-corrected chi connectivity index (χ2v) is 5.11. The van der Waals surface area contributed by atoms with E-state index in [2.05, 4.69) is 0 Å². The number of Topliss-reactive ketones (excluding diaryl/α,β-unsaturated/α-hetero) is 3. The van der Waals surface area contributed by atoms with Gasteiger partial charge in [-0.2, -0.15) is 0 Å². The Labute approximate surface area is 131 Å². The van der Waals surface area contributed by atoms with Crippen molar-refractivity contribution in [3.05, 3.63) is 46.0 Å². The molecule has 0 radical (unpaired) electrons. The Bertz CT molecular complexity index is 717. The SMILES string of the molecule is CCOC(=O)[C@H](C(C)=O)C1=C(Cl)C(=O)c2ccccc2C1=O. The first kappa shape index (κ1) is 16.1. The minimum absolute atomic E-state index is 0.0479. The highest BCUT2D eigenvalue weighted by Crippen LogP contribution is 2.33. The monoisotopic (exact) mass is 320 g/mol. The number of benzene rings is 1. The van der Waals surface area contributed by atoms with Crippen molar-refractivity contribution >= 4 is 34.9 Å². The zero-order valence-electron chi connectivity index (χ0n) is 12.0. The van der Waals surface area contributed by atoms with Crippen LogP contribution in [0.15, 0.2) is 34.9 Å². The van der Waals surface area contributed by atoms with E-state index in [1.165, 1.54) is 12.1 Å². The predicted molar refractivity (Wildman–Crippen MR) is 78.8 cm³/mol. The fourth-order valence-corrected chi connectivity index (χ4v) is 2.63. The van der Waals surface area contributed by atoms with E-state index < -0.39 is 34.3 Å². The van der Waals surface area contributed by atoms with Crippen LogP contribution in [0.5, 0.6) is 0 Å². The molecule has 1 atom stereocenters. The third-order valence-electron chi connectivity index (χ3n) is 3.31. The van der Waals surface area contributed by atoms with Gasteiger partial charge in [0, 0.05) is 16.7 Å². The second kappa shape index (κ2) is 6.23.